The number of nitrogens with one attached hydrogen (secondary N) is 1. The average Bonchev–Trinajstić information content (AvgIpc) is 2.62. The van der Waals surface area contributed by atoms with Gasteiger partial charge in [-0.05, 0) is 32.0 Å². The molecule has 1 atom stereocenters. The topological polar surface area (TPSA) is 64.6 Å². The molecule has 0 unspecified atom stereocenters. The van der Waals surface area contributed by atoms with Gasteiger partial charge < -0.3 is 14.8 Å². The molecule has 1 N–H and O–H groups in total. The van der Waals surface area contributed by atoms with Crippen LogP contribution in [0.1, 0.15) is 18.1 Å². The maximum atomic E-state index is 13.6. The SMILES string of the molecule is COc1ccc(C)cc1CC(=O)O[C@H](C)C(=O)Nc1ccc(F)c(F)c1F. The molecule has 0 saturated heterocycles. The molecule has 8 heteroatoms. The Bertz CT molecular complexity index is 870. The van der Waals surface area contributed by atoms with Crippen LogP contribution in [0.25, 0.3) is 0 Å². The van der Waals surface area contributed by atoms with Crippen molar-refractivity contribution in [1.82, 2.24) is 0 Å². The van der Waals surface area contributed by atoms with Gasteiger partial charge in [0.1, 0.15) is 5.75 Å². The fraction of sp³-hybridized carbons (Fsp3) is 0.263. The number of methoxy groups -OCH3 is 1. The molecule has 0 aliphatic rings. The molecule has 0 fully saturated rings. The summed E-state index contributed by atoms with van der Waals surface area (Å²) in [5, 5.41) is 2.06. The molecule has 0 aliphatic heterocycles. The predicted octanol–water partition coefficient (Wildman–Crippen LogP) is 3.53. The first-order valence-electron chi connectivity index (χ1n) is 8.00. The van der Waals surface area contributed by atoms with E-state index in [1.807, 2.05) is 13.0 Å². The van der Waals surface area contributed by atoms with Gasteiger partial charge in [-0.15, -0.1) is 0 Å². The van der Waals surface area contributed by atoms with E-state index in [0.29, 0.717) is 17.4 Å². The summed E-state index contributed by atoms with van der Waals surface area (Å²) in [5.41, 5.74) is 0.946. The number of amides is 1. The van der Waals surface area contributed by atoms with E-state index in [1.54, 1.807) is 12.1 Å². The van der Waals surface area contributed by atoms with Gasteiger partial charge in [-0.1, -0.05) is 17.7 Å². The normalized spacial score (nSPS) is 11.6. The second-order valence-corrected chi connectivity index (χ2v) is 5.84. The predicted molar refractivity (Wildman–Crippen MR) is 91.9 cm³/mol. The third-order valence-electron chi connectivity index (χ3n) is 3.74. The van der Waals surface area contributed by atoms with Crippen molar-refractivity contribution in [3.63, 3.8) is 0 Å². The summed E-state index contributed by atoms with van der Waals surface area (Å²) in [6, 6.07) is 6.83. The van der Waals surface area contributed by atoms with Gasteiger partial charge in [0.05, 0.1) is 19.2 Å². The van der Waals surface area contributed by atoms with Gasteiger partial charge in [-0.25, -0.2) is 13.2 Å². The van der Waals surface area contributed by atoms with Crippen LogP contribution in [-0.4, -0.2) is 25.1 Å². The van der Waals surface area contributed by atoms with Crippen LogP contribution in [-0.2, 0) is 20.7 Å². The van der Waals surface area contributed by atoms with Gasteiger partial charge >= 0.3 is 5.97 Å². The van der Waals surface area contributed by atoms with Crippen LogP contribution >= 0.6 is 0 Å². The molecule has 144 valence electrons. The van der Waals surface area contributed by atoms with Crippen LogP contribution in [0.2, 0.25) is 0 Å². The summed E-state index contributed by atoms with van der Waals surface area (Å²) in [7, 11) is 1.46. The largest absolute Gasteiger partial charge is 0.496 e. The minimum Gasteiger partial charge on any atom is -0.496 e. The van der Waals surface area contributed by atoms with Gasteiger partial charge in [0.15, 0.2) is 23.6 Å². The number of anilines is 1. The van der Waals surface area contributed by atoms with E-state index in [1.165, 1.54) is 14.0 Å². The second-order valence-electron chi connectivity index (χ2n) is 5.84. The quantitative estimate of drug-likeness (QED) is 0.614. The summed E-state index contributed by atoms with van der Waals surface area (Å²) < 4.78 is 49.9. The van der Waals surface area contributed by atoms with Crippen molar-refractivity contribution in [2.75, 3.05) is 12.4 Å². The summed E-state index contributed by atoms with van der Waals surface area (Å²) in [5.74, 6) is -5.71. The summed E-state index contributed by atoms with van der Waals surface area (Å²) >= 11 is 0. The molecule has 2 rings (SSSR count). The Morgan fingerprint density at radius 2 is 1.81 bits per heavy atom. The maximum Gasteiger partial charge on any atom is 0.311 e. The molecular formula is C19H18F3NO4. The van der Waals surface area contributed by atoms with Gasteiger partial charge in [0.25, 0.3) is 5.91 Å². The molecule has 1 amide bonds. The Morgan fingerprint density at radius 3 is 2.48 bits per heavy atom. The molecule has 2 aromatic rings. The zero-order valence-corrected chi connectivity index (χ0v) is 14.9. The average molecular weight is 381 g/mol. The first kappa shape index (κ1) is 20.3. The third kappa shape index (κ3) is 4.99. The molecule has 2 aromatic carbocycles. The van der Waals surface area contributed by atoms with Crippen molar-refractivity contribution in [3.05, 3.63) is 58.9 Å². The number of carbonyl (C=O) groups excluding carboxylic acids is 2. The summed E-state index contributed by atoms with van der Waals surface area (Å²) in [6.07, 6.45) is -1.41. The van der Waals surface area contributed by atoms with E-state index >= 15 is 0 Å². The van der Waals surface area contributed by atoms with E-state index in [2.05, 4.69) is 5.32 Å². The fourth-order valence-electron chi connectivity index (χ4n) is 2.35. The Labute approximate surface area is 154 Å². The van der Waals surface area contributed by atoms with Crippen LogP contribution in [0, 0.1) is 24.4 Å². The lowest BCUT2D eigenvalue weighted by Crippen LogP contribution is -2.31. The number of aryl methyl sites for hydroxylation is 1. The number of rotatable bonds is 6. The fourth-order valence-corrected chi connectivity index (χ4v) is 2.35. The zero-order valence-electron chi connectivity index (χ0n) is 14.9. The third-order valence-corrected chi connectivity index (χ3v) is 3.74. The molecule has 0 spiro atoms. The zero-order chi connectivity index (χ0) is 20.1. The maximum absolute atomic E-state index is 13.6. The summed E-state index contributed by atoms with van der Waals surface area (Å²) in [6.45, 7) is 3.12. The number of benzene rings is 2. The standard InChI is InChI=1S/C19H18F3NO4/c1-10-4-7-15(26-3)12(8-10)9-16(24)27-11(2)19(25)23-14-6-5-13(20)17(21)18(14)22/h4-8,11H,9H2,1-3H3,(H,23,25)/t11-/m1/s1. The molecule has 0 aliphatic carbocycles. The Hall–Kier alpha value is -3.03. The molecule has 0 radical (unpaired) electrons. The van der Waals surface area contributed by atoms with Gasteiger partial charge in [0, 0.05) is 5.56 Å². The van der Waals surface area contributed by atoms with Gasteiger partial charge in [-0.3, -0.25) is 9.59 Å². The number of halogens is 3. The first-order valence-corrected chi connectivity index (χ1v) is 8.00. The molecule has 27 heavy (non-hydrogen) atoms. The Kier molecular flexibility index (Phi) is 6.44. The molecule has 5 nitrogen and oxygen atoms in total. The lowest BCUT2D eigenvalue weighted by molar-refractivity contribution is -0.152. The number of hydrogen-bond donors (Lipinski definition) is 1. The van der Waals surface area contributed by atoms with Crippen LogP contribution in [0.4, 0.5) is 18.9 Å². The van der Waals surface area contributed by atoms with E-state index in [0.717, 1.165) is 11.6 Å². The molecule has 0 aromatic heterocycles. The molecular weight excluding hydrogens is 363 g/mol. The minimum absolute atomic E-state index is 0.137. The number of hydrogen-bond acceptors (Lipinski definition) is 4. The van der Waals surface area contributed by atoms with Gasteiger partial charge in [-0.2, -0.15) is 0 Å². The molecule has 0 saturated carbocycles. The van der Waals surface area contributed by atoms with Crippen molar-refractivity contribution in [2.24, 2.45) is 0 Å². The lowest BCUT2D eigenvalue weighted by atomic mass is 10.1. The van der Waals surface area contributed by atoms with Crippen molar-refractivity contribution >= 4 is 17.6 Å². The number of ether oxygens (including phenoxy) is 2. The highest BCUT2D eigenvalue weighted by molar-refractivity contribution is 5.95. The number of carbonyl (C=O) groups is 2. The monoisotopic (exact) mass is 381 g/mol. The van der Waals surface area contributed by atoms with Crippen molar-refractivity contribution < 1.29 is 32.2 Å². The smallest absolute Gasteiger partial charge is 0.311 e. The van der Waals surface area contributed by atoms with E-state index in [-0.39, 0.29) is 6.42 Å². The molecule has 0 heterocycles. The van der Waals surface area contributed by atoms with E-state index < -0.39 is 41.1 Å². The highest BCUT2D eigenvalue weighted by atomic mass is 19.2. The van der Waals surface area contributed by atoms with Gasteiger partial charge in [0.2, 0.25) is 0 Å². The lowest BCUT2D eigenvalue weighted by Gasteiger charge is -2.15. The Morgan fingerprint density at radius 1 is 1.11 bits per heavy atom. The van der Waals surface area contributed by atoms with Crippen LogP contribution < -0.4 is 10.1 Å². The molecule has 0 bridgehead atoms. The summed E-state index contributed by atoms with van der Waals surface area (Å²) in [4.78, 5) is 24.1. The highest BCUT2D eigenvalue weighted by Crippen LogP contribution is 2.22. The first-order chi connectivity index (χ1) is 12.7. The van der Waals surface area contributed by atoms with E-state index in [4.69, 9.17) is 9.47 Å². The Balaban J connectivity index is 2.01. The second kappa shape index (κ2) is 8.57. The van der Waals surface area contributed by atoms with Crippen LogP contribution in [0.3, 0.4) is 0 Å². The van der Waals surface area contributed by atoms with E-state index in [9.17, 15) is 22.8 Å². The minimum atomic E-state index is -1.70. The van der Waals surface area contributed by atoms with Crippen molar-refractivity contribution in [1.29, 1.82) is 0 Å². The van der Waals surface area contributed by atoms with Crippen LogP contribution in [0.15, 0.2) is 30.3 Å². The number of esters is 1. The van der Waals surface area contributed by atoms with Crippen LogP contribution in [0.5, 0.6) is 5.75 Å². The highest BCUT2D eigenvalue weighted by Gasteiger charge is 2.22. The van der Waals surface area contributed by atoms with Crippen molar-refractivity contribution in [2.45, 2.75) is 26.4 Å². The van der Waals surface area contributed by atoms with Crippen molar-refractivity contribution in [3.8, 4) is 5.75 Å².